The van der Waals surface area contributed by atoms with Gasteiger partial charge in [-0.3, -0.25) is 9.36 Å². The minimum atomic E-state index is -0.133. The van der Waals surface area contributed by atoms with Crippen molar-refractivity contribution >= 4 is 22.9 Å². The lowest BCUT2D eigenvalue weighted by Gasteiger charge is -2.15. The van der Waals surface area contributed by atoms with Gasteiger partial charge in [0.25, 0.3) is 5.56 Å². The number of aromatic nitrogens is 3. The van der Waals surface area contributed by atoms with Crippen LogP contribution in [0, 0.1) is 0 Å². The van der Waals surface area contributed by atoms with Crippen molar-refractivity contribution in [3.8, 4) is 0 Å². The molecule has 21 heavy (non-hydrogen) atoms. The Hall–Kier alpha value is -1.20. The van der Waals surface area contributed by atoms with Crippen LogP contribution in [0.3, 0.4) is 0 Å². The summed E-state index contributed by atoms with van der Waals surface area (Å²) in [6, 6.07) is 1.35. The molecule has 0 aliphatic rings. The lowest BCUT2D eigenvalue weighted by atomic mass is 9.93. The van der Waals surface area contributed by atoms with Crippen LogP contribution in [-0.2, 0) is 12.0 Å². The van der Waals surface area contributed by atoms with Gasteiger partial charge in [0.05, 0.1) is 12.2 Å². The maximum atomic E-state index is 12.2. The van der Waals surface area contributed by atoms with Crippen LogP contribution in [0.4, 0.5) is 0 Å². The van der Waals surface area contributed by atoms with Crippen LogP contribution in [0.1, 0.15) is 57.1 Å². The van der Waals surface area contributed by atoms with Crippen LogP contribution in [0.2, 0.25) is 5.15 Å². The lowest BCUT2D eigenvalue weighted by Crippen LogP contribution is -2.26. The second-order valence-corrected chi connectivity index (χ2v) is 7.72. The zero-order valence-corrected chi connectivity index (χ0v) is 14.5. The number of hydrogen-bond acceptors (Lipinski definition) is 4. The average molecular weight is 326 g/mol. The van der Waals surface area contributed by atoms with Gasteiger partial charge in [0.1, 0.15) is 16.0 Å². The molecule has 0 aliphatic heterocycles. The summed E-state index contributed by atoms with van der Waals surface area (Å²) in [5.41, 5.74) is 0.925. The van der Waals surface area contributed by atoms with E-state index >= 15 is 0 Å². The van der Waals surface area contributed by atoms with Crippen molar-refractivity contribution < 1.29 is 0 Å². The molecule has 0 spiro atoms. The van der Waals surface area contributed by atoms with Crippen LogP contribution < -0.4 is 5.56 Å². The van der Waals surface area contributed by atoms with E-state index in [-0.39, 0.29) is 22.0 Å². The molecule has 4 nitrogen and oxygen atoms in total. The van der Waals surface area contributed by atoms with Crippen LogP contribution in [0.5, 0.6) is 0 Å². The van der Waals surface area contributed by atoms with E-state index in [2.05, 4.69) is 36.1 Å². The monoisotopic (exact) mass is 325 g/mol. The van der Waals surface area contributed by atoms with E-state index in [1.165, 1.54) is 6.07 Å². The Balaban J connectivity index is 2.40. The van der Waals surface area contributed by atoms with Gasteiger partial charge in [-0.15, -0.1) is 11.3 Å². The predicted octanol–water partition coefficient (Wildman–Crippen LogP) is 3.82. The Morgan fingerprint density at radius 3 is 2.52 bits per heavy atom. The Morgan fingerprint density at radius 2 is 2.00 bits per heavy atom. The van der Waals surface area contributed by atoms with Gasteiger partial charge in [0, 0.05) is 22.8 Å². The second kappa shape index (κ2) is 5.89. The maximum Gasteiger partial charge on any atom is 0.255 e. The highest BCUT2D eigenvalue weighted by atomic mass is 35.5. The highest BCUT2D eigenvalue weighted by molar-refractivity contribution is 7.09. The Morgan fingerprint density at radius 1 is 1.33 bits per heavy atom. The minimum absolute atomic E-state index is 0.0127. The first-order valence-electron chi connectivity index (χ1n) is 6.90. The molecule has 0 aliphatic carbocycles. The van der Waals surface area contributed by atoms with E-state index in [9.17, 15) is 4.79 Å². The van der Waals surface area contributed by atoms with E-state index in [4.69, 9.17) is 11.6 Å². The number of rotatable bonds is 3. The molecular weight excluding hydrogens is 306 g/mol. The van der Waals surface area contributed by atoms with Gasteiger partial charge >= 0.3 is 0 Å². The van der Waals surface area contributed by atoms with E-state index in [0.717, 1.165) is 10.7 Å². The molecule has 0 fully saturated rings. The molecule has 0 N–H and O–H groups in total. The fraction of sp³-hybridized carbons (Fsp3) is 0.533. The van der Waals surface area contributed by atoms with Gasteiger partial charge in [0.2, 0.25) is 0 Å². The van der Waals surface area contributed by atoms with Crippen LogP contribution in [0.15, 0.2) is 16.2 Å². The normalized spacial score (nSPS) is 12.1. The smallest absolute Gasteiger partial charge is 0.255 e. The van der Waals surface area contributed by atoms with Gasteiger partial charge in [-0.2, -0.15) is 0 Å². The molecule has 0 radical (unpaired) electrons. The Kier molecular flexibility index (Phi) is 4.54. The Labute approximate surface area is 133 Å². The average Bonchev–Trinajstić information content (AvgIpc) is 2.80. The van der Waals surface area contributed by atoms with Crippen LogP contribution in [0.25, 0.3) is 0 Å². The zero-order valence-electron chi connectivity index (χ0n) is 13.0. The predicted molar refractivity (Wildman–Crippen MR) is 87.5 cm³/mol. The first kappa shape index (κ1) is 16.2. The molecule has 0 bridgehead atoms. The van der Waals surface area contributed by atoms with Crippen LogP contribution >= 0.6 is 22.9 Å². The van der Waals surface area contributed by atoms with Crippen molar-refractivity contribution in [2.75, 3.05) is 0 Å². The summed E-state index contributed by atoms with van der Waals surface area (Å²) in [5, 5.41) is 3.21. The molecule has 0 saturated heterocycles. The van der Waals surface area contributed by atoms with E-state index in [0.29, 0.717) is 12.4 Å². The third kappa shape index (κ3) is 3.71. The summed E-state index contributed by atoms with van der Waals surface area (Å²) in [4.78, 5) is 21.1. The zero-order chi connectivity index (χ0) is 15.8. The second-order valence-electron chi connectivity index (χ2n) is 6.39. The molecule has 0 unspecified atom stereocenters. The molecule has 2 aromatic heterocycles. The summed E-state index contributed by atoms with van der Waals surface area (Å²) < 4.78 is 1.65. The summed E-state index contributed by atoms with van der Waals surface area (Å²) in [7, 11) is 0. The highest BCUT2D eigenvalue weighted by Crippen LogP contribution is 2.24. The molecule has 114 valence electrons. The molecule has 2 aromatic rings. The summed E-state index contributed by atoms with van der Waals surface area (Å²) in [5.74, 6) is 0.818. The topological polar surface area (TPSA) is 47.8 Å². The quantitative estimate of drug-likeness (QED) is 0.806. The molecule has 2 rings (SSSR count). The molecule has 0 atom stereocenters. The number of hydrogen-bond donors (Lipinski definition) is 0. The molecule has 0 aromatic carbocycles. The standard InChI is InChI=1S/C15H20ClN3OS/c1-9(2)14-18-11(16)6-13(20)19(14)7-12-17-10(8-21-12)15(3,4)5/h6,8-9H,7H2,1-5H3. The van der Waals surface area contributed by atoms with Crippen LogP contribution in [-0.4, -0.2) is 14.5 Å². The van der Waals surface area contributed by atoms with Crippen molar-refractivity contribution in [1.82, 2.24) is 14.5 Å². The van der Waals surface area contributed by atoms with E-state index < -0.39 is 0 Å². The minimum Gasteiger partial charge on any atom is -0.289 e. The van der Waals surface area contributed by atoms with Crippen molar-refractivity contribution in [3.05, 3.63) is 43.5 Å². The molecule has 0 amide bonds. The maximum absolute atomic E-state index is 12.2. The summed E-state index contributed by atoms with van der Waals surface area (Å²) in [6.45, 7) is 10.8. The number of thiazole rings is 1. The summed E-state index contributed by atoms with van der Waals surface area (Å²) >= 11 is 7.47. The third-order valence-electron chi connectivity index (χ3n) is 3.14. The molecule has 0 saturated carbocycles. The van der Waals surface area contributed by atoms with Gasteiger partial charge in [-0.1, -0.05) is 46.2 Å². The fourth-order valence-corrected chi connectivity index (χ4v) is 3.15. The first-order chi connectivity index (χ1) is 9.68. The van der Waals surface area contributed by atoms with Crippen molar-refractivity contribution in [3.63, 3.8) is 0 Å². The van der Waals surface area contributed by atoms with Gasteiger partial charge in [0.15, 0.2) is 0 Å². The van der Waals surface area contributed by atoms with Gasteiger partial charge < -0.3 is 0 Å². The summed E-state index contributed by atoms with van der Waals surface area (Å²) in [6.07, 6.45) is 0. The Bertz CT molecular complexity index is 698. The number of nitrogens with zero attached hydrogens (tertiary/aromatic N) is 3. The van der Waals surface area contributed by atoms with E-state index in [1.807, 2.05) is 13.8 Å². The third-order valence-corrected chi connectivity index (χ3v) is 4.16. The van der Waals surface area contributed by atoms with E-state index in [1.54, 1.807) is 15.9 Å². The van der Waals surface area contributed by atoms with Crippen molar-refractivity contribution in [1.29, 1.82) is 0 Å². The fourth-order valence-electron chi connectivity index (χ4n) is 1.96. The highest BCUT2D eigenvalue weighted by Gasteiger charge is 2.19. The van der Waals surface area contributed by atoms with Gasteiger partial charge in [-0.25, -0.2) is 9.97 Å². The SMILES string of the molecule is CC(C)c1nc(Cl)cc(=O)n1Cc1nc(C(C)(C)C)cs1. The van der Waals surface area contributed by atoms with Crippen molar-refractivity contribution in [2.45, 2.75) is 52.5 Å². The number of halogens is 1. The first-order valence-corrected chi connectivity index (χ1v) is 8.16. The van der Waals surface area contributed by atoms with Gasteiger partial charge in [-0.05, 0) is 0 Å². The van der Waals surface area contributed by atoms with Crippen molar-refractivity contribution in [2.24, 2.45) is 0 Å². The lowest BCUT2D eigenvalue weighted by molar-refractivity contribution is 0.566. The molecular formula is C15H20ClN3OS. The molecule has 6 heteroatoms. The largest absolute Gasteiger partial charge is 0.289 e. The molecule has 2 heterocycles.